The Morgan fingerprint density at radius 3 is 2.40 bits per heavy atom. The van der Waals surface area contributed by atoms with Crippen molar-refractivity contribution in [3.05, 3.63) is 29.8 Å². The quantitative estimate of drug-likeness (QED) is 0.699. The van der Waals surface area contributed by atoms with Crippen molar-refractivity contribution >= 4 is 23.5 Å². The molecule has 0 saturated carbocycles. The molecule has 0 aliphatic carbocycles. The predicted octanol–water partition coefficient (Wildman–Crippen LogP) is 0.540. The average molecular weight is 280 g/mol. The maximum atomic E-state index is 12.0. The molecule has 108 valence electrons. The molecule has 0 saturated heterocycles. The number of nitrogens with zero attached hydrogens (tertiary/aromatic N) is 1. The lowest BCUT2D eigenvalue weighted by Gasteiger charge is -2.22. The molecule has 0 bridgehead atoms. The fraction of sp³-hybridized carbons (Fsp3) is 0.308. The number of aromatic carboxylic acids is 1. The van der Waals surface area contributed by atoms with Crippen LogP contribution in [0.25, 0.3) is 0 Å². The number of hydrogen-bond donors (Lipinski definition) is 3. The van der Waals surface area contributed by atoms with Gasteiger partial charge in [-0.25, -0.2) is 4.79 Å². The summed E-state index contributed by atoms with van der Waals surface area (Å²) in [6, 6.07) is 5.04. The third-order valence-corrected chi connectivity index (χ3v) is 2.81. The van der Waals surface area contributed by atoms with Crippen LogP contribution >= 0.6 is 0 Å². The number of rotatable bonds is 6. The summed E-state index contributed by atoms with van der Waals surface area (Å²) in [6.07, 6.45) is -0.227. The molecule has 1 aromatic carbocycles. The molecule has 0 spiro atoms. The van der Waals surface area contributed by atoms with Gasteiger partial charge in [0.25, 0.3) is 0 Å². The molecule has 1 aromatic rings. The zero-order chi connectivity index (χ0) is 15.3. The highest BCUT2D eigenvalue weighted by atomic mass is 16.4. The van der Waals surface area contributed by atoms with Gasteiger partial charge in [0.2, 0.25) is 5.91 Å². The first-order valence-corrected chi connectivity index (χ1v) is 5.92. The smallest absolute Gasteiger partial charge is 0.337 e. The van der Waals surface area contributed by atoms with Crippen molar-refractivity contribution in [2.75, 3.05) is 11.9 Å². The molecular weight excluding hydrogens is 264 g/mol. The van der Waals surface area contributed by atoms with Gasteiger partial charge in [-0.3, -0.25) is 9.59 Å². The number of likely N-dealkylation sites (N-methyl/N-ethyl adjacent to an activating group) is 1. The Hall–Kier alpha value is -2.41. The maximum absolute atomic E-state index is 12.0. The normalized spacial score (nSPS) is 11.7. The molecule has 4 N–H and O–H groups in total. The van der Waals surface area contributed by atoms with Gasteiger partial charge in [0.15, 0.2) is 0 Å². The van der Waals surface area contributed by atoms with E-state index in [9.17, 15) is 14.4 Å². The molecule has 1 rings (SSSR count). The van der Waals surface area contributed by atoms with E-state index >= 15 is 0 Å². The van der Waals surface area contributed by atoms with E-state index in [0.29, 0.717) is 0 Å². The third-order valence-electron chi connectivity index (χ3n) is 2.81. The second kappa shape index (κ2) is 6.67. The molecule has 1 unspecified atom stereocenters. The van der Waals surface area contributed by atoms with E-state index in [1.54, 1.807) is 12.1 Å². The Kier molecular flexibility index (Phi) is 5.22. The topological polar surface area (TPSA) is 121 Å². The zero-order valence-corrected chi connectivity index (χ0v) is 10.9. The predicted molar refractivity (Wildman–Crippen MR) is 71.7 cm³/mol. The number of carboxylic acids is 2. The maximum Gasteiger partial charge on any atom is 0.337 e. The van der Waals surface area contributed by atoms with Crippen LogP contribution in [0.2, 0.25) is 0 Å². The van der Waals surface area contributed by atoms with Crippen LogP contribution in [0.5, 0.6) is 0 Å². The Morgan fingerprint density at radius 2 is 1.85 bits per heavy atom. The molecule has 1 atom stereocenters. The Bertz CT molecular complexity index is 529. The molecule has 20 heavy (non-hydrogen) atoms. The van der Waals surface area contributed by atoms with Crippen molar-refractivity contribution in [3.63, 3.8) is 0 Å². The Morgan fingerprint density at radius 1 is 1.25 bits per heavy atom. The zero-order valence-electron chi connectivity index (χ0n) is 10.9. The monoisotopic (exact) mass is 280 g/mol. The van der Waals surface area contributed by atoms with Gasteiger partial charge < -0.3 is 20.8 Å². The molecule has 0 radical (unpaired) electrons. The molecule has 0 heterocycles. The minimum absolute atomic E-state index is 0.00621. The molecular formula is C13H16N2O5. The standard InChI is InChI=1S/C13H16N2O5/c1-15(12(18)9(14)6-7-11(16)17)10-5-3-2-4-8(10)13(19)20/h2-5,9H,6-7,14H2,1H3,(H,16,17)(H,19,20). The van der Waals surface area contributed by atoms with Crippen LogP contribution in [0.1, 0.15) is 23.2 Å². The van der Waals surface area contributed by atoms with Crippen LogP contribution in [0.3, 0.4) is 0 Å². The lowest BCUT2D eigenvalue weighted by Crippen LogP contribution is -2.42. The highest BCUT2D eigenvalue weighted by Crippen LogP contribution is 2.20. The third kappa shape index (κ3) is 3.79. The van der Waals surface area contributed by atoms with Gasteiger partial charge in [-0.2, -0.15) is 0 Å². The van der Waals surface area contributed by atoms with Gasteiger partial charge in [-0.05, 0) is 18.6 Å². The van der Waals surface area contributed by atoms with Crippen molar-refractivity contribution in [1.82, 2.24) is 0 Å². The summed E-state index contributed by atoms with van der Waals surface area (Å²) in [5.41, 5.74) is 5.83. The number of hydrogen-bond acceptors (Lipinski definition) is 4. The van der Waals surface area contributed by atoms with E-state index in [0.717, 1.165) is 4.90 Å². The molecule has 0 fully saturated rings. The van der Waals surface area contributed by atoms with Gasteiger partial charge in [-0.15, -0.1) is 0 Å². The number of carboxylic acid groups (broad SMARTS) is 2. The molecule has 0 aliphatic heterocycles. The number of carbonyl (C=O) groups excluding carboxylic acids is 1. The Labute approximate surface area is 115 Å². The molecule has 0 aliphatic rings. The minimum Gasteiger partial charge on any atom is -0.481 e. The van der Waals surface area contributed by atoms with E-state index in [1.807, 2.05) is 0 Å². The summed E-state index contributed by atoms with van der Waals surface area (Å²) in [7, 11) is 1.41. The fourth-order valence-corrected chi connectivity index (χ4v) is 1.72. The molecule has 7 nitrogen and oxygen atoms in total. The van der Waals surface area contributed by atoms with Gasteiger partial charge in [0, 0.05) is 13.5 Å². The number of anilines is 1. The van der Waals surface area contributed by atoms with E-state index in [2.05, 4.69) is 0 Å². The second-order valence-electron chi connectivity index (χ2n) is 4.26. The number of aliphatic carboxylic acids is 1. The summed E-state index contributed by atoms with van der Waals surface area (Å²) < 4.78 is 0. The van der Waals surface area contributed by atoms with Crippen molar-refractivity contribution in [2.45, 2.75) is 18.9 Å². The SMILES string of the molecule is CN(C(=O)C(N)CCC(=O)O)c1ccccc1C(=O)O. The Balaban J connectivity index is 2.89. The summed E-state index contributed by atoms with van der Waals surface area (Å²) in [5, 5.41) is 17.6. The summed E-state index contributed by atoms with van der Waals surface area (Å²) in [4.78, 5) is 34.7. The van der Waals surface area contributed by atoms with Crippen molar-refractivity contribution in [1.29, 1.82) is 0 Å². The number of para-hydroxylation sites is 1. The van der Waals surface area contributed by atoms with Crippen LogP contribution in [0.15, 0.2) is 24.3 Å². The highest BCUT2D eigenvalue weighted by molar-refractivity contribution is 6.03. The lowest BCUT2D eigenvalue weighted by atomic mass is 10.1. The highest BCUT2D eigenvalue weighted by Gasteiger charge is 2.23. The average Bonchev–Trinajstić information content (AvgIpc) is 2.42. The van der Waals surface area contributed by atoms with Crippen LogP contribution in [0, 0.1) is 0 Å². The van der Waals surface area contributed by atoms with Gasteiger partial charge in [0.1, 0.15) is 0 Å². The first-order valence-electron chi connectivity index (χ1n) is 5.92. The fourth-order valence-electron chi connectivity index (χ4n) is 1.72. The number of benzene rings is 1. The van der Waals surface area contributed by atoms with Gasteiger partial charge >= 0.3 is 11.9 Å². The molecule has 7 heteroatoms. The first kappa shape index (κ1) is 15.6. The van der Waals surface area contributed by atoms with Crippen LogP contribution in [0.4, 0.5) is 5.69 Å². The molecule has 0 aromatic heterocycles. The first-order chi connectivity index (χ1) is 9.34. The van der Waals surface area contributed by atoms with Crippen LogP contribution in [-0.2, 0) is 9.59 Å². The largest absolute Gasteiger partial charge is 0.481 e. The summed E-state index contributed by atoms with van der Waals surface area (Å²) >= 11 is 0. The lowest BCUT2D eigenvalue weighted by molar-refractivity contribution is -0.137. The number of amides is 1. The van der Waals surface area contributed by atoms with Crippen molar-refractivity contribution < 1.29 is 24.6 Å². The minimum atomic E-state index is -1.15. The number of carbonyl (C=O) groups is 3. The van der Waals surface area contributed by atoms with Gasteiger partial charge in [0.05, 0.1) is 17.3 Å². The summed E-state index contributed by atoms with van der Waals surface area (Å²) in [6.45, 7) is 0. The van der Waals surface area contributed by atoms with Gasteiger partial charge in [-0.1, -0.05) is 12.1 Å². The van der Waals surface area contributed by atoms with Crippen molar-refractivity contribution in [2.24, 2.45) is 5.73 Å². The summed E-state index contributed by atoms with van der Waals surface area (Å²) in [5.74, 6) is -2.72. The van der Waals surface area contributed by atoms with Crippen LogP contribution in [-0.4, -0.2) is 41.1 Å². The second-order valence-corrected chi connectivity index (χ2v) is 4.26. The van der Waals surface area contributed by atoms with E-state index in [-0.39, 0.29) is 24.1 Å². The number of nitrogens with two attached hydrogens (primary N) is 1. The van der Waals surface area contributed by atoms with Crippen molar-refractivity contribution in [3.8, 4) is 0 Å². The van der Waals surface area contributed by atoms with E-state index in [4.69, 9.17) is 15.9 Å². The van der Waals surface area contributed by atoms with E-state index in [1.165, 1.54) is 19.2 Å². The van der Waals surface area contributed by atoms with Crippen LogP contribution < -0.4 is 10.6 Å². The van der Waals surface area contributed by atoms with E-state index < -0.39 is 23.9 Å². The molecule has 1 amide bonds.